The van der Waals surface area contributed by atoms with Crippen LogP contribution in [-0.2, 0) is 11.2 Å². The Morgan fingerprint density at radius 3 is 3.25 bits per heavy atom. The lowest BCUT2D eigenvalue weighted by Gasteiger charge is -2.24. The average Bonchev–Trinajstić information content (AvgIpc) is 2.71. The number of rotatable bonds is 3. The van der Waals surface area contributed by atoms with Crippen molar-refractivity contribution >= 4 is 23.6 Å². The molecule has 1 aromatic heterocycles. The van der Waals surface area contributed by atoms with E-state index in [0.717, 1.165) is 35.9 Å². The molecule has 0 saturated heterocycles. The molecule has 2 rings (SSSR count). The lowest BCUT2D eigenvalue weighted by molar-refractivity contribution is -0.118. The van der Waals surface area contributed by atoms with Gasteiger partial charge in [-0.25, -0.2) is 0 Å². The second kappa shape index (κ2) is 4.78. The minimum absolute atomic E-state index is 0.0675. The minimum Gasteiger partial charge on any atom is -0.434 e. The Balaban J connectivity index is 2.28. The summed E-state index contributed by atoms with van der Waals surface area (Å²) in [4.78, 5) is 13.6. The van der Waals surface area contributed by atoms with Crippen molar-refractivity contribution in [3.63, 3.8) is 0 Å². The number of carbonyl (C=O) groups excluding carboxylic acids is 1. The molecule has 16 heavy (non-hydrogen) atoms. The highest BCUT2D eigenvalue weighted by atomic mass is 32.2. The maximum atomic E-state index is 11.8. The van der Waals surface area contributed by atoms with Crippen molar-refractivity contribution in [2.45, 2.75) is 24.4 Å². The number of nitrogens with zero attached hydrogens (tertiary/aromatic N) is 1. The van der Waals surface area contributed by atoms with Gasteiger partial charge in [-0.3, -0.25) is 9.69 Å². The van der Waals surface area contributed by atoms with E-state index in [4.69, 9.17) is 4.42 Å². The van der Waals surface area contributed by atoms with Crippen LogP contribution in [0.2, 0.25) is 0 Å². The summed E-state index contributed by atoms with van der Waals surface area (Å²) in [5.41, 5.74) is 1.15. The van der Waals surface area contributed by atoms with Crippen LogP contribution in [0.15, 0.2) is 28.2 Å². The van der Waals surface area contributed by atoms with Gasteiger partial charge in [0.05, 0.1) is 0 Å². The van der Waals surface area contributed by atoms with Crippen LogP contribution in [0.4, 0.5) is 5.88 Å². The van der Waals surface area contributed by atoms with E-state index in [-0.39, 0.29) is 5.91 Å². The number of carbonyl (C=O) groups is 1. The molecule has 1 aliphatic heterocycles. The standard InChI is InChI=1S/C12H15NO2S/c1-3-5-10(14)13-7-4-6-9-8-11(16-2)15-12(9)13/h3,8H,1,4-7H2,2H3. The zero-order valence-corrected chi connectivity index (χ0v) is 10.2. The lowest BCUT2D eigenvalue weighted by Crippen LogP contribution is -2.34. The van der Waals surface area contributed by atoms with Gasteiger partial charge >= 0.3 is 0 Å². The molecule has 86 valence electrons. The number of aryl methyl sites for hydroxylation is 1. The Kier molecular flexibility index (Phi) is 3.39. The zero-order valence-electron chi connectivity index (χ0n) is 9.36. The van der Waals surface area contributed by atoms with E-state index < -0.39 is 0 Å². The molecule has 0 radical (unpaired) electrons. The van der Waals surface area contributed by atoms with E-state index in [1.54, 1.807) is 22.7 Å². The summed E-state index contributed by atoms with van der Waals surface area (Å²) in [5, 5.41) is 0.878. The highest BCUT2D eigenvalue weighted by molar-refractivity contribution is 7.98. The van der Waals surface area contributed by atoms with Crippen LogP contribution in [-0.4, -0.2) is 18.7 Å². The largest absolute Gasteiger partial charge is 0.434 e. The van der Waals surface area contributed by atoms with Crippen LogP contribution in [0.1, 0.15) is 18.4 Å². The normalized spacial score (nSPS) is 14.7. The smallest absolute Gasteiger partial charge is 0.233 e. The van der Waals surface area contributed by atoms with Crippen molar-refractivity contribution in [1.82, 2.24) is 0 Å². The predicted octanol–water partition coefficient (Wildman–Crippen LogP) is 2.86. The Hall–Kier alpha value is -1.16. The molecule has 0 bridgehead atoms. The summed E-state index contributed by atoms with van der Waals surface area (Å²) in [7, 11) is 0. The van der Waals surface area contributed by atoms with E-state index in [9.17, 15) is 4.79 Å². The summed E-state index contributed by atoms with van der Waals surface area (Å²) in [6.07, 6.45) is 5.98. The molecule has 0 aromatic carbocycles. The molecule has 0 N–H and O–H groups in total. The molecule has 0 unspecified atom stereocenters. The molecule has 1 amide bonds. The summed E-state index contributed by atoms with van der Waals surface area (Å²) in [6.45, 7) is 4.34. The van der Waals surface area contributed by atoms with Gasteiger partial charge in [0.1, 0.15) is 0 Å². The molecule has 0 spiro atoms. The zero-order chi connectivity index (χ0) is 11.5. The van der Waals surface area contributed by atoms with E-state index in [2.05, 4.69) is 6.58 Å². The highest BCUT2D eigenvalue weighted by Crippen LogP contribution is 2.34. The molecular formula is C12H15NO2S. The number of hydrogen-bond acceptors (Lipinski definition) is 3. The number of thioether (sulfide) groups is 1. The van der Waals surface area contributed by atoms with Gasteiger partial charge in [-0.2, -0.15) is 0 Å². The van der Waals surface area contributed by atoms with Crippen LogP contribution >= 0.6 is 11.8 Å². The predicted molar refractivity (Wildman–Crippen MR) is 66.0 cm³/mol. The summed E-state index contributed by atoms with van der Waals surface area (Å²) >= 11 is 1.56. The first kappa shape index (κ1) is 11.3. The molecule has 1 aromatic rings. The molecule has 0 atom stereocenters. The van der Waals surface area contributed by atoms with Gasteiger partial charge < -0.3 is 4.42 Å². The molecule has 0 fully saturated rings. The van der Waals surface area contributed by atoms with Gasteiger partial charge in [0, 0.05) is 18.5 Å². The third kappa shape index (κ3) is 2.02. The fourth-order valence-corrected chi connectivity index (χ4v) is 2.33. The highest BCUT2D eigenvalue weighted by Gasteiger charge is 2.25. The topological polar surface area (TPSA) is 33.5 Å². The van der Waals surface area contributed by atoms with Crippen molar-refractivity contribution in [2.24, 2.45) is 0 Å². The molecule has 0 saturated carbocycles. The van der Waals surface area contributed by atoms with Crippen LogP contribution in [0.5, 0.6) is 0 Å². The number of amides is 1. The summed E-state index contributed by atoms with van der Waals surface area (Å²) < 4.78 is 5.67. The summed E-state index contributed by atoms with van der Waals surface area (Å²) in [5.74, 6) is 0.806. The molecule has 3 nitrogen and oxygen atoms in total. The van der Waals surface area contributed by atoms with E-state index in [1.807, 2.05) is 12.3 Å². The Labute approximate surface area is 99.5 Å². The lowest BCUT2D eigenvalue weighted by atomic mass is 10.1. The van der Waals surface area contributed by atoms with Crippen molar-refractivity contribution in [3.8, 4) is 0 Å². The Bertz CT molecular complexity index is 411. The van der Waals surface area contributed by atoms with Gasteiger partial charge in [-0.15, -0.1) is 6.58 Å². The van der Waals surface area contributed by atoms with Gasteiger partial charge in [-0.05, 0) is 25.2 Å². The fourth-order valence-electron chi connectivity index (χ4n) is 1.90. The molecule has 0 aliphatic carbocycles. The van der Waals surface area contributed by atoms with Gasteiger partial charge in [-0.1, -0.05) is 17.8 Å². The molecule has 2 heterocycles. The van der Waals surface area contributed by atoms with Crippen molar-refractivity contribution in [3.05, 3.63) is 24.3 Å². The maximum Gasteiger partial charge on any atom is 0.233 e. The fraction of sp³-hybridized carbons (Fsp3) is 0.417. The second-order valence-electron chi connectivity index (χ2n) is 3.74. The first-order valence-electron chi connectivity index (χ1n) is 5.34. The minimum atomic E-state index is 0.0675. The van der Waals surface area contributed by atoms with Gasteiger partial charge in [0.25, 0.3) is 0 Å². The maximum absolute atomic E-state index is 11.8. The van der Waals surface area contributed by atoms with E-state index in [1.165, 1.54) is 0 Å². The first-order chi connectivity index (χ1) is 7.76. The monoisotopic (exact) mass is 237 g/mol. The van der Waals surface area contributed by atoms with Crippen molar-refractivity contribution < 1.29 is 9.21 Å². The number of furan rings is 1. The van der Waals surface area contributed by atoms with Crippen LogP contribution in [0.25, 0.3) is 0 Å². The van der Waals surface area contributed by atoms with Crippen molar-refractivity contribution in [1.29, 1.82) is 0 Å². The molecule has 1 aliphatic rings. The van der Waals surface area contributed by atoms with Crippen molar-refractivity contribution in [2.75, 3.05) is 17.7 Å². The summed E-state index contributed by atoms with van der Waals surface area (Å²) in [6, 6.07) is 2.04. The number of anilines is 1. The third-order valence-electron chi connectivity index (χ3n) is 2.66. The van der Waals surface area contributed by atoms with Crippen LogP contribution < -0.4 is 4.90 Å². The van der Waals surface area contributed by atoms with E-state index in [0.29, 0.717) is 6.42 Å². The quantitative estimate of drug-likeness (QED) is 0.598. The molecule has 4 heteroatoms. The van der Waals surface area contributed by atoms with E-state index >= 15 is 0 Å². The Morgan fingerprint density at radius 2 is 2.56 bits per heavy atom. The first-order valence-corrected chi connectivity index (χ1v) is 6.56. The number of fused-ring (bicyclic) bond motifs is 1. The van der Waals surface area contributed by atoms with Gasteiger partial charge in [0.15, 0.2) is 5.09 Å². The SMILES string of the molecule is C=CCC(=O)N1CCCc2cc(SC)oc21. The van der Waals surface area contributed by atoms with Crippen LogP contribution in [0, 0.1) is 0 Å². The third-order valence-corrected chi connectivity index (χ3v) is 3.26. The average molecular weight is 237 g/mol. The van der Waals surface area contributed by atoms with Crippen LogP contribution in [0.3, 0.4) is 0 Å². The Morgan fingerprint density at radius 1 is 1.75 bits per heavy atom. The number of hydrogen-bond donors (Lipinski definition) is 0. The molecular weight excluding hydrogens is 222 g/mol. The second-order valence-corrected chi connectivity index (χ2v) is 4.55. The van der Waals surface area contributed by atoms with Gasteiger partial charge in [0.2, 0.25) is 11.8 Å².